The molecule has 1 saturated heterocycles. The SMILES string of the molecule is CC(=O)N(C)C(C(=O)O)C1CCCO1. The number of hydrogen-bond acceptors (Lipinski definition) is 3. The Balaban J connectivity index is 2.72. The van der Waals surface area contributed by atoms with Crippen molar-refractivity contribution in [1.29, 1.82) is 0 Å². The molecular formula is C9H15NO4. The Morgan fingerprint density at radius 3 is 2.57 bits per heavy atom. The molecule has 0 aromatic heterocycles. The number of nitrogens with zero attached hydrogens (tertiary/aromatic N) is 1. The molecule has 14 heavy (non-hydrogen) atoms. The van der Waals surface area contributed by atoms with Gasteiger partial charge in [-0.3, -0.25) is 4.79 Å². The summed E-state index contributed by atoms with van der Waals surface area (Å²) in [5.74, 6) is -1.26. The molecule has 0 spiro atoms. The van der Waals surface area contributed by atoms with Gasteiger partial charge in [0.25, 0.3) is 0 Å². The van der Waals surface area contributed by atoms with Crippen molar-refractivity contribution in [2.45, 2.75) is 31.9 Å². The molecule has 0 bridgehead atoms. The van der Waals surface area contributed by atoms with Gasteiger partial charge in [0.05, 0.1) is 6.10 Å². The van der Waals surface area contributed by atoms with Crippen LogP contribution in [-0.4, -0.2) is 47.7 Å². The molecule has 0 radical (unpaired) electrons. The highest BCUT2D eigenvalue weighted by Gasteiger charge is 2.35. The molecule has 1 amide bonds. The van der Waals surface area contributed by atoms with Gasteiger partial charge in [-0.2, -0.15) is 0 Å². The number of aliphatic carboxylic acids is 1. The minimum absolute atomic E-state index is 0.257. The fourth-order valence-corrected chi connectivity index (χ4v) is 1.62. The second-order valence-electron chi connectivity index (χ2n) is 3.46. The smallest absolute Gasteiger partial charge is 0.329 e. The first-order chi connectivity index (χ1) is 6.54. The summed E-state index contributed by atoms with van der Waals surface area (Å²) >= 11 is 0. The lowest BCUT2D eigenvalue weighted by atomic mass is 10.1. The van der Waals surface area contributed by atoms with Crippen LogP contribution in [0.25, 0.3) is 0 Å². The van der Waals surface area contributed by atoms with Crippen LogP contribution in [0.5, 0.6) is 0 Å². The molecule has 2 atom stereocenters. The van der Waals surface area contributed by atoms with Gasteiger partial charge in [0.2, 0.25) is 5.91 Å². The maximum absolute atomic E-state index is 11.1. The second-order valence-corrected chi connectivity index (χ2v) is 3.46. The van der Waals surface area contributed by atoms with Crippen molar-refractivity contribution in [1.82, 2.24) is 4.90 Å². The third kappa shape index (κ3) is 2.23. The zero-order valence-corrected chi connectivity index (χ0v) is 8.40. The lowest BCUT2D eigenvalue weighted by molar-refractivity contribution is -0.153. The number of carboxylic acid groups (broad SMARTS) is 1. The zero-order valence-electron chi connectivity index (χ0n) is 8.40. The summed E-state index contributed by atoms with van der Waals surface area (Å²) in [5.41, 5.74) is 0. The van der Waals surface area contributed by atoms with Gasteiger partial charge in [-0.15, -0.1) is 0 Å². The number of ether oxygens (including phenoxy) is 1. The zero-order chi connectivity index (χ0) is 10.7. The van der Waals surface area contributed by atoms with Gasteiger partial charge in [-0.25, -0.2) is 4.79 Å². The van der Waals surface area contributed by atoms with Crippen molar-refractivity contribution in [2.75, 3.05) is 13.7 Å². The predicted molar refractivity (Wildman–Crippen MR) is 48.8 cm³/mol. The molecule has 1 aliphatic rings. The Morgan fingerprint density at radius 2 is 2.21 bits per heavy atom. The summed E-state index contributed by atoms with van der Waals surface area (Å²) in [4.78, 5) is 23.2. The first kappa shape index (κ1) is 11.0. The highest BCUT2D eigenvalue weighted by Crippen LogP contribution is 2.19. The van der Waals surface area contributed by atoms with Crippen LogP contribution in [-0.2, 0) is 14.3 Å². The van der Waals surface area contributed by atoms with Gasteiger partial charge >= 0.3 is 5.97 Å². The number of likely N-dealkylation sites (N-methyl/N-ethyl adjacent to an activating group) is 1. The topological polar surface area (TPSA) is 66.8 Å². The van der Waals surface area contributed by atoms with Crippen molar-refractivity contribution >= 4 is 11.9 Å². The number of amides is 1. The molecule has 5 nitrogen and oxygen atoms in total. The monoisotopic (exact) mass is 201 g/mol. The quantitative estimate of drug-likeness (QED) is 0.703. The first-order valence-corrected chi connectivity index (χ1v) is 4.62. The van der Waals surface area contributed by atoms with Crippen molar-refractivity contribution in [3.8, 4) is 0 Å². The van der Waals surface area contributed by atoms with E-state index in [0.29, 0.717) is 13.0 Å². The first-order valence-electron chi connectivity index (χ1n) is 4.62. The van der Waals surface area contributed by atoms with Crippen LogP contribution in [0.2, 0.25) is 0 Å². The lowest BCUT2D eigenvalue weighted by Crippen LogP contribution is -2.48. The molecule has 1 heterocycles. The van der Waals surface area contributed by atoms with Crippen LogP contribution in [0.15, 0.2) is 0 Å². The van der Waals surface area contributed by atoms with Gasteiger partial charge in [0.1, 0.15) is 0 Å². The number of carboxylic acids is 1. The van der Waals surface area contributed by atoms with Gasteiger partial charge in [-0.1, -0.05) is 0 Å². The summed E-state index contributed by atoms with van der Waals surface area (Å²) in [6, 6.07) is -0.852. The number of hydrogen-bond donors (Lipinski definition) is 1. The van der Waals surface area contributed by atoms with Crippen LogP contribution >= 0.6 is 0 Å². The van der Waals surface area contributed by atoms with E-state index in [1.807, 2.05) is 0 Å². The van der Waals surface area contributed by atoms with Crippen molar-refractivity contribution in [2.24, 2.45) is 0 Å². The summed E-state index contributed by atoms with van der Waals surface area (Å²) in [6.45, 7) is 1.94. The van der Waals surface area contributed by atoms with Crippen LogP contribution in [0.4, 0.5) is 0 Å². The Bertz CT molecular complexity index is 235. The van der Waals surface area contributed by atoms with Gasteiger partial charge < -0.3 is 14.7 Å². The van der Waals surface area contributed by atoms with Gasteiger partial charge in [0, 0.05) is 20.6 Å². The standard InChI is InChI=1S/C9H15NO4/c1-6(11)10(2)8(9(12)13)7-4-3-5-14-7/h7-8H,3-5H2,1-2H3,(H,12,13). The Morgan fingerprint density at radius 1 is 1.57 bits per heavy atom. The van der Waals surface area contributed by atoms with E-state index < -0.39 is 12.0 Å². The Kier molecular flexibility index (Phi) is 3.46. The molecule has 1 fully saturated rings. The lowest BCUT2D eigenvalue weighted by Gasteiger charge is -2.27. The summed E-state index contributed by atoms with van der Waals surface area (Å²) in [7, 11) is 1.49. The minimum atomic E-state index is -1.00. The van der Waals surface area contributed by atoms with E-state index in [-0.39, 0.29) is 12.0 Å². The van der Waals surface area contributed by atoms with E-state index in [1.165, 1.54) is 18.9 Å². The average Bonchev–Trinajstić information content (AvgIpc) is 2.56. The van der Waals surface area contributed by atoms with E-state index >= 15 is 0 Å². The average molecular weight is 201 g/mol. The molecule has 0 saturated carbocycles. The molecule has 1 aliphatic heterocycles. The summed E-state index contributed by atoms with van der Waals surface area (Å²) in [6.07, 6.45) is 1.20. The van der Waals surface area contributed by atoms with Crippen molar-refractivity contribution < 1.29 is 19.4 Å². The van der Waals surface area contributed by atoms with E-state index in [2.05, 4.69) is 0 Å². The van der Waals surface area contributed by atoms with Gasteiger partial charge in [-0.05, 0) is 12.8 Å². The minimum Gasteiger partial charge on any atom is -0.480 e. The molecule has 0 aliphatic carbocycles. The van der Waals surface area contributed by atoms with E-state index in [1.54, 1.807) is 0 Å². The molecular weight excluding hydrogens is 186 g/mol. The van der Waals surface area contributed by atoms with Crippen LogP contribution in [0.1, 0.15) is 19.8 Å². The second kappa shape index (κ2) is 4.41. The van der Waals surface area contributed by atoms with E-state index in [9.17, 15) is 9.59 Å². The van der Waals surface area contributed by atoms with Crippen LogP contribution < -0.4 is 0 Å². The van der Waals surface area contributed by atoms with Gasteiger partial charge in [0.15, 0.2) is 6.04 Å². The van der Waals surface area contributed by atoms with Crippen molar-refractivity contribution in [3.63, 3.8) is 0 Å². The third-order valence-corrected chi connectivity index (χ3v) is 2.48. The number of carbonyl (C=O) groups is 2. The Labute approximate surface area is 82.6 Å². The number of carbonyl (C=O) groups excluding carboxylic acids is 1. The van der Waals surface area contributed by atoms with E-state index in [0.717, 1.165) is 6.42 Å². The normalized spacial score (nSPS) is 23.1. The molecule has 1 N–H and O–H groups in total. The molecule has 2 unspecified atom stereocenters. The molecule has 1 rings (SSSR count). The molecule has 0 aromatic rings. The number of rotatable bonds is 3. The molecule has 5 heteroatoms. The fourth-order valence-electron chi connectivity index (χ4n) is 1.62. The Hall–Kier alpha value is -1.10. The fraction of sp³-hybridized carbons (Fsp3) is 0.778. The maximum Gasteiger partial charge on any atom is 0.329 e. The third-order valence-electron chi connectivity index (χ3n) is 2.48. The van der Waals surface area contributed by atoms with Crippen LogP contribution in [0.3, 0.4) is 0 Å². The molecule has 80 valence electrons. The van der Waals surface area contributed by atoms with Crippen molar-refractivity contribution in [3.05, 3.63) is 0 Å². The summed E-state index contributed by atoms with van der Waals surface area (Å²) < 4.78 is 5.27. The summed E-state index contributed by atoms with van der Waals surface area (Å²) in [5, 5.41) is 8.98. The largest absolute Gasteiger partial charge is 0.480 e. The molecule has 0 aromatic carbocycles. The van der Waals surface area contributed by atoms with Crippen LogP contribution in [0, 0.1) is 0 Å². The predicted octanol–water partition coefficient (Wildman–Crippen LogP) is 0.0969. The maximum atomic E-state index is 11.1. The highest BCUT2D eigenvalue weighted by molar-refractivity contribution is 5.82. The highest BCUT2D eigenvalue weighted by atomic mass is 16.5. The van der Waals surface area contributed by atoms with E-state index in [4.69, 9.17) is 9.84 Å².